The average Bonchev–Trinajstić information content (AvgIpc) is 2.76. The van der Waals surface area contributed by atoms with Gasteiger partial charge in [-0.3, -0.25) is 9.80 Å². The van der Waals surface area contributed by atoms with E-state index >= 15 is 0 Å². The summed E-state index contributed by atoms with van der Waals surface area (Å²) in [6.45, 7) is 7.83. The van der Waals surface area contributed by atoms with E-state index in [2.05, 4.69) is 75.2 Å². The molecule has 154 valence electrons. The van der Waals surface area contributed by atoms with Crippen molar-refractivity contribution in [3.05, 3.63) is 83.9 Å². The lowest BCUT2D eigenvalue weighted by Crippen LogP contribution is -2.60. The van der Waals surface area contributed by atoms with Crippen molar-refractivity contribution >= 4 is 0 Å². The van der Waals surface area contributed by atoms with Gasteiger partial charge in [0.25, 0.3) is 0 Å². The molecule has 2 aromatic carbocycles. The van der Waals surface area contributed by atoms with Crippen molar-refractivity contribution in [2.75, 3.05) is 26.2 Å². The Morgan fingerprint density at radius 2 is 1.70 bits per heavy atom. The van der Waals surface area contributed by atoms with E-state index < -0.39 is 0 Å². The molecular weight excluding hydrogens is 368 g/mol. The number of rotatable bonds is 4. The molecule has 2 aliphatic rings. The zero-order valence-corrected chi connectivity index (χ0v) is 17.7. The lowest BCUT2D eigenvalue weighted by Gasteiger charge is -2.51. The molecule has 0 aliphatic carbocycles. The Balaban J connectivity index is 1.30. The first-order valence-corrected chi connectivity index (χ1v) is 11.1. The normalized spacial score (nSPS) is 22.6. The first-order valence-electron chi connectivity index (χ1n) is 11.1. The van der Waals surface area contributed by atoms with Crippen molar-refractivity contribution in [2.24, 2.45) is 0 Å². The predicted molar refractivity (Wildman–Crippen MR) is 121 cm³/mol. The van der Waals surface area contributed by atoms with Gasteiger partial charge in [-0.25, -0.2) is 9.97 Å². The van der Waals surface area contributed by atoms with Gasteiger partial charge in [-0.05, 0) is 49.5 Å². The summed E-state index contributed by atoms with van der Waals surface area (Å²) in [4.78, 5) is 13.7. The maximum Gasteiger partial charge on any atom is 0.115 e. The highest BCUT2D eigenvalue weighted by atomic mass is 15.3. The number of nitrogens with zero attached hydrogens (tertiary/aromatic N) is 4. The molecule has 0 bridgehead atoms. The third kappa shape index (κ3) is 4.16. The molecule has 3 aromatic rings. The minimum Gasteiger partial charge on any atom is -0.298 e. The van der Waals surface area contributed by atoms with Gasteiger partial charge in [0.1, 0.15) is 6.33 Å². The molecule has 2 atom stereocenters. The highest BCUT2D eigenvalue weighted by Crippen LogP contribution is 2.37. The number of hydrogen-bond acceptors (Lipinski definition) is 4. The van der Waals surface area contributed by atoms with E-state index in [0.717, 1.165) is 19.6 Å². The van der Waals surface area contributed by atoms with Crippen molar-refractivity contribution in [3.8, 4) is 11.1 Å². The fourth-order valence-electron chi connectivity index (χ4n) is 5.02. The molecule has 30 heavy (non-hydrogen) atoms. The van der Waals surface area contributed by atoms with Gasteiger partial charge < -0.3 is 0 Å². The van der Waals surface area contributed by atoms with E-state index in [1.54, 1.807) is 6.33 Å². The van der Waals surface area contributed by atoms with Crippen LogP contribution in [0.3, 0.4) is 0 Å². The van der Waals surface area contributed by atoms with Crippen LogP contribution in [0, 0.1) is 6.92 Å². The van der Waals surface area contributed by atoms with Gasteiger partial charge in [-0.1, -0.05) is 54.1 Å². The van der Waals surface area contributed by atoms with Gasteiger partial charge in [0.05, 0.1) is 0 Å². The number of fused-ring (bicyclic) bond motifs is 1. The van der Waals surface area contributed by atoms with Crippen LogP contribution in [0.2, 0.25) is 0 Å². The SMILES string of the molecule is Cc1cccc(-c2ccc([C@@H]3CN4CCCCN(Cc5cncnc5)C[C@@H]34)cc2)c1. The number of aromatic nitrogens is 2. The van der Waals surface area contributed by atoms with Crippen molar-refractivity contribution < 1.29 is 0 Å². The van der Waals surface area contributed by atoms with Crippen LogP contribution in [-0.4, -0.2) is 52.0 Å². The van der Waals surface area contributed by atoms with Gasteiger partial charge in [0.2, 0.25) is 0 Å². The van der Waals surface area contributed by atoms with Crippen molar-refractivity contribution in [2.45, 2.75) is 38.3 Å². The second kappa shape index (κ2) is 8.66. The van der Waals surface area contributed by atoms with Crippen LogP contribution in [0.25, 0.3) is 11.1 Å². The quantitative estimate of drug-likeness (QED) is 0.647. The van der Waals surface area contributed by atoms with Crippen LogP contribution in [0.4, 0.5) is 0 Å². The largest absolute Gasteiger partial charge is 0.298 e. The Morgan fingerprint density at radius 3 is 2.50 bits per heavy atom. The summed E-state index contributed by atoms with van der Waals surface area (Å²) in [6, 6.07) is 18.7. The van der Waals surface area contributed by atoms with Crippen LogP contribution in [0.15, 0.2) is 67.3 Å². The zero-order chi connectivity index (χ0) is 20.3. The van der Waals surface area contributed by atoms with E-state index in [4.69, 9.17) is 0 Å². The van der Waals surface area contributed by atoms with E-state index in [1.165, 1.54) is 53.7 Å². The molecule has 5 rings (SSSR count). The number of hydrogen-bond donors (Lipinski definition) is 0. The lowest BCUT2D eigenvalue weighted by atomic mass is 9.81. The minimum atomic E-state index is 0.611. The topological polar surface area (TPSA) is 32.3 Å². The third-order valence-electron chi connectivity index (χ3n) is 6.69. The molecule has 0 radical (unpaired) electrons. The molecule has 0 amide bonds. The molecule has 4 heteroatoms. The molecule has 0 saturated carbocycles. The molecule has 3 heterocycles. The fraction of sp³-hybridized carbons (Fsp3) is 0.385. The van der Waals surface area contributed by atoms with Crippen LogP contribution in [-0.2, 0) is 6.54 Å². The molecule has 0 unspecified atom stereocenters. The fourth-order valence-corrected chi connectivity index (χ4v) is 5.02. The molecule has 2 aliphatic heterocycles. The minimum absolute atomic E-state index is 0.611. The van der Waals surface area contributed by atoms with E-state index in [0.29, 0.717) is 12.0 Å². The second-order valence-electron chi connectivity index (χ2n) is 8.85. The lowest BCUT2D eigenvalue weighted by molar-refractivity contribution is 0.0143. The van der Waals surface area contributed by atoms with Gasteiger partial charge in [0.15, 0.2) is 0 Å². The van der Waals surface area contributed by atoms with E-state index in [-0.39, 0.29) is 0 Å². The Labute approximate surface area is 179 Å². The smallest absolute Gasteiger partial charge is 0.115 e. The summed E-state index contributed by atoms with van der Waals surface area (Å²) in [6.07, 6.45) is 8.07. The molecule has 0 spiro atoms. The highest BCUT2D eigenvalue weighted by molar-refractivity contribution is 5.64. The average molecular weight is 399 g/mol. The number of aryl methyl sites for hydroxylation is 1. The maximum atomic E-state index is 4.19. The van der Waals surface area contributed by atoms with Gasteiger partial charge in [0, 0.05) is 49.6 Å². The zero-order valence-electron chi connectivity index (χ0n) is 17.7. The summed E-state index contributed by atoms with van der Waals surface area (Å²) >= 11 is 0. The summed E-state index contributed by atoms with van der Waals surface area (Å²) in [5.74, 6) is 0.629. The first-order chi connectivity index (χ1) is 14.8. The molecular formula is C26H30N4. The van der Waals surface area contributed by atoms with Gasteiger partial charge in [-0.2, -0.15) is 0 Å². The van der Waals surface area contributed by atoms with E-state index in [1.807, 2.05) is 12.4 Å². The van der Waals surface area contributed by atoms with Crippen LogP contribution in [0.1, 0.15) is 35.4 Å². The Bertz CT molecular complexity index is 970. The maximum absolute atomic E-state index is 4.19. The van der Waals surface area contributed by atoms with Gasteiger partial charge >= 0.3 is 0 Å². The second-order valence-corrected chi connectivity index (χ2v) is 8.85. The van der Waals surface area contributed by atoms with Crippen molar-refractivity contribution in [1.82, 2.24) is 19.8 Å². The van der Waals surface area contributed by atoms with Crippen LogP contribution < -0.4 is 0 Å². The summed E-state index contributed by atoms with van der Waals surface area (Å²) in [7, 11) is 0. The Morgan fingerprint density at radius 1 is 0.900 bits per heavy atom. The van der Waals surface area contributed by atoms with Crippen molar-refractivity contribution in [1.29, 1.82) is 0 Å². The summed E-state index contributed by atoms with van der Waals surface area (Å²) in [5, 5.41) is 0. The summed E-state index contributed by atoms with van der Waals surface area (Å²) < 4.78 is 0. The monoisotopic (exact) mass is 398 g/mol. The Hall–Kier alpha value is -2.56. The highest BCUT2D eigenvalue weighted by Gasteiger charge is 2.40. The first kappa shape index (κ1) is 19.4. The predicted octanol–water partition coefficient (Wildman–Crippen LogP) is 4.52. The molecule has 2 fully saturated rings. The molecule has 1 aromatic heterocycles. The van der Waals surface area contributed by atoms with Crippen LogP contribution in [0.5, 0.6) is 0 Å². The molecule has 2 saturated heterocycles. The summed E-state index contributed by atoms with van der Waals surface area (Å²) in [5.41, 5.74) is 6.62. The van der Waals surface area contributed by atoms with Gasteiger partial charge in [-0.15, -0.1) is 0 Å². The van der Waals surface area contributed by atoms with E-state index in [9.17, 15) is 0 Å². The molecule has 0 N–H and O–H groups in total. The Kier molecular flexibility index (Phi) is 5.60. The standard InChI is InChI=1S/C26H30N4/c1-20-5-4-6-24(13-20)22-7-9-23(10-8-22)25-17-30-12-3-2-11-29(18-26(25)30)16-21-14-27-19-28-15-21/h4-10,13-15,19,25-26H,2-3,11-12,16-18H2,1H3/t25-,26-/m0/s1. The molecule has 4 nitrogen and oxygen atoms in total. The van der Waals surface area contributed by atoms with Crippen molar-refractivity contribution in [3.63, 3.8) is 0 Å². The number of benzene rings is 2. The third-order valence-corrected chi connectivity index (χ3v) is 6.69. The van der Waals surface area contributed by atoms with Crippen LogP contribution >= 0.6 is 0 Å².